The summed E-state index contributed by atoms with van der Waals surface area (Å²) in [4.78, 5) is 17.2. The van der Waals surface area contributed by atoms with Crippen LogP contribution in [0.3, 0.4) is 0 Å². The van der Waals surface area contributed by atoms with Gasteiger partial charge in [-0.2, -0.15) is 0 Å². The molecule has 5 heteroatoms. The molecule has 1 N–H and O–H groups in total. The topological polar surface area (TPSA) is 44.7 Å². The number of rotatable bonds is 3. The number of carbonyl (C=O) groups excluding carboxylic acids is 1. The average Bonchev–Trinajstić information content (AvgIpc) is 2.52. The first-order chi connectivity index (χ1) is 6.24. The zero-order valence-corrected chi connectivity index (χ0v) is 8.86. The van der Waals surface area contributed by atoms with Crippen molar-refractivity contribution in [1.29, 1.82) is 0 Å². The van der Waals surface area contributed by atoms with E-state index in [-0.39, 0.29) is 5.91 Å². The highest BCUT2D eigenvalue weighted by molar-refractivity contribution is 8.14. The van der Waals surface area contributed by atoms with E-state index in [4.69, 9.17) is 0 Å². The Balaban J connectivity index is 2.27. The number of amides is 1. The molecule has 0 bridgehead atoms. The van der Waals surface area contributed by atoms with Gasteiger partial charge in [-0.15, -0.1) is 0 Å². The summed E-state index contributed by atoms with van der Waals surface area (Å²) in [5.41, 5.74) is 0. The van der Waals surface area contributed by atoms with Crippen LogP contribution in [-0.4, -0.2) is 42.0 Å². The zero-order chi connectivity index (χ0) is 9.68. The standard InChI is InChI=1S/C8H15N3OS/c1-3-7(12)9-6-10-8-11(2)4-5-13-8/h3-6H2,1-2H3,(H,9,12). The van der Waals surface area contributed by atoms with E-state index < -0.39 is 0 Å². The minimum absolute atomic E-state index is 0.0509. The molecule has 13 heavy (non-hydrogen) atoms. The van der Waals surface area contributed by atoms with Crippen molar-refractivity contribution >= 4 is 22.8 Å². The van der Waals surface area contributed by atoms with Crippen LogP contribution in [0.4, 0.5) is 0 Å². The molecule has 0 unspecified atom stereocenters. The molecule has 0 aliphatic carbocycles. The molecule has 0 aromatic rings. The smallest absolute Gasteiger partial charge is 0.221 e. The van der Waals surface area contributed by atoms with E-state index in [2.05, 4.69) is 15.2 Å². The van der Waals surface area contributed by atoms with Crippen LogP contribution in [0.15, 0.2) is 4.99 Å². The molecule has 1 amide bonds. The van der Waals surface area contributed by atoms with E-state index in [0.717, 1.165) is 17.5 Å². The van der Waals surface area contributed by atoms with E-state index in [1.807, 2.05) is 14.0 Å². The Labute approximate surface area is 82.8 Å². The third-order valence-corrected chi connectivity index (χ3v) is 2.88. The van der Waals surface area contributed by atoms with Gasteiger partial charge in [-0.3, -0.25) is 4.79 Å². The minimum atomic E-state index is 0.0509. The Bertz CT molecular complexity index is 217. The van der Waals surface area contributed by atoms with Gasteiger partial charge in [0.1, 0.15) is 6.67 Å². The van der Waals surface area contributed by atoms with Crippen LogP contribution < -0.4 is 5.32 Å². The Morgan fingerprint density at radius 2 is 2.54 bits per heavy atom. The van der Waals surface area contributed by atoms with Crippen LogP contribution in [-0.2, 0) is 4.79 Å². The quantitative estimate of drug-likeness (QED) is 0.723. The van der Waals surface area contributed by atoms with Gasteiger partial charge in [0, 0.05) is 25.8 Å². The largest absolute Gasteiger partial charge is 0.354 e. The Kier molecular flexibility index (Phi) is 4.08. The summed E-state index contributed by atoms with van der Waals surface area (Å²) >= 11 is 1.73. The number of hydrogen-bond acceptors (Lipinski definition) is 3. The third kappa shape index (κ3) is 3.26. The molecular weight excluding hydrogens is 186 g/mol. The van der Waals surface area contributed by atoms with Crippen molar-refractivity contribution in [2.24, 2.45) is 4.99 Å². The molecule has 0 aromatic heterocycles. The molecule has 0 atom stereocenters. The fourth-order valence-electron chi connectivity index (χ4n) is 0.966. The highest BCUT2D eigenvalue weighted by Gasteiger charge is 2.13. The molecule has 0 saturated carbocycles. The fraction of sp³-hybridized carbons (Fsp3) is 0.750. The summed E-state index contributed by atoms with van der Waals surface area (Å²) in [6.07, 6.45) is 0.522. The number of thioether (sulfide) groups is 1. The molecule has 0 spiro atoms. The van der Waals surface area contributed by atoms with Gasteiger partial charge < -0.3 is 10.2 Å². The highest BCUT2D eigenvalue weighted by atomic mass is 32.2. The van der Waals surface area contributed by atoms with Crippen molar-refractivity contribution in [3.63, 3.8) is 0 Å². The Morgan fingerprint density at radius 1 is 1.77 bits per heavy atom. The fourth-order valence-corrected chi connectivity index (χ4v) is 1.98. The molecule has 1 aliphatic heterocycles. The lowest BCUT2D eigenvalue weighted by Gasteiger charge is -2.09. The van der Waals surface area contributed by atoms with Gasteiger partial charge in [-0.1, -0.05) is 18.7 Å². The van der Waals surface area contributed by atoms with Crippen LogP contribution in [0.1, 0.15) is 13.3 Å². The Morgan fingerprint density at radius 3 is 3.08 bits per heavy atom. The summed E-state index contributed by atoms with van der Waals surface area (Å²) in [6.45, 7) is 3.28. The normalized spacial score (nSPS) is 19.5. The summed E-state index contributed by atoms with van der Waals surface area (Å²) < 4.78 is 0. The minimum Gasteiger partial charge on any atom is -0.354 e. The number of amidine groups is 1. The van der Waals surface area contributed by atoms with Crippen molar-refractivity contribution in [1.82, 2.24) is 10.2 Å². The molecule has 74 valence electrons. The van der Waals surface area contributed by atoms with Gasteiger partial charge in [-0.05, 0) is 0 Å². The van der Waals surface area contributed by atoms with Gasteiger partial charge >= 0.3 is 0 Å². The second kappa shape index (κ2) is 5.11. The molecular formula is C8H15N3OS. The maximum Gasteiger partial charge on any atom is 0.221 e. The SMILES string of the molecule is CCC(=O)NCN=C1SCCN1C. The van der Waals surface area contributed by atoms with Crippen LogP contribution in [0.2, 0.25) is 0 Å². The van der Waals surface area contributed by atoms with E-state index in [1.165, 1.54) is 0 Å². The van der Waals surface area contributed by atoms with Gasteiger partial charge in [0.2, 0.25) is 5.91 Å². The average molecular weight is 201 g/mol. The van der Waals surface area contributed by atoms with Gasteiger partial charge in [-0.25, -0.2) is 4.99 Å². The van der Waals surface area contributed by atoms with Crippen molar-refractivity contribution in [2.75, 3.05) is 26.0 Å². The number of carbonyl (C=O) groups is 1. The number of hydrogen-bond donors (Lipinski definition) is 1. The molecule has 0 radical (unpaired) electrons. The van der Waals surface area contributed by atoms with Crippen molar-refractivity contribution < 1.29 is 4.79 Å². The maximum absolute atomic E-state index is 10.9. The van der Waals surface area contributed by atoms with E-state index >= 15 is 0 Å². The van der Waals surface area contributed by atoms with Crippen LogP contribution in [0.5, 0.6) is 0 Å². The lowest BCUT2D eigenvalue weighted by molar-refractivity contribution is -0.120. The van der Waals surface area contributed by atoms with Crippen molar-refractivity contribution in [3.8, 4) is 0 Å². The van der Waals surface area contributed by atoms with E-state index in [1.54, 1.807) is 11.8 Å². The number of nitrogens with zero attached hydrogens (tertiary/aromatic N) is 2. The molecule has 1 fully saturated rings. The van der Waals surface area contributed by atoms with E-state index in [9.17, 15) is 4.79 Å². The van der Waals surface area contributed by atoms with Crippen LogP contribution >= 0.6 is 11.8 Å². The number of aliphatic imine (C=N–C) groups is 1. The predicted molar refractivity (Wildman–Crippen MR) is 55.8 cm³/mol. The molecule has 0 aromatic carbocycles. The second-order valence-electron chi connectivity index (χ2n) is 2.82. The van der Waals surface area contributed by atoms with Gasteiger partial charge in [0.05, 0.1) is 0 Å². The number of nitrogens with one attached hydrogen (secondary N) is 1. The molecule has 1 aliphatic rings. The first-order valence-electron chi connectivity index (χ1n) is 4.39. The van der Waals surface area contributed by atoms with Crippen LogP contribution in [0.25, 0.3) is 0 Å². The first-order valence-corrected chi connectivity index (χ1v) is 5.37. The molecule has 4 nitrogen and oxygen atoms in total. The summed E-state index contributed by atoms with van der Waals surface area (Å²) in [7, 11) is 2.01. The van der Waals surface area contributed by atoms with Crippen molar-refractivity contribution in [3.05, 3.63) is 0 Å². The second-order valence-corrected chi connectivity index (χ2v) is 3.88. The summed E-state index contributed by atoms with van der Waals surface area (Å²) in [6, 6.07) is 0. The lowest BCUT2D eigenvalue weighted by atomic mass is 10.5. The lowest BCUT2D eigenvalue weighted by Crippen LogP contribution is -2.25. The predicted octanol–water partition coefficient (Wildman–Crippen LogP) is 0.505. The van der Waals surface area contributed by atoms with E-state index in [0.29, 0.717) is 13.1 Å². The Hall–Kier alpha value is -0.710. The molecule has 1 rings (SSSR count). The highest BCUT2D eigenvalue weighted by Crippen LogP contribution is 2.14. The van der Waals surface area contributed by atoms with Gasteiger partial charge in [0.25, 0.3) is 0 Å². The van der Waals surface area contributed by atoms with Gasteiger partial charge in [0.15, 0.2) is 5.17 Å². The third-order valence-electron chi connectivity index (χ3n) is 1.80. The van der Waals surface area contributed by atoms with Crippen LogP contribution in [0, 0.1) is 0 Å². The van der Waals surface area contributed by atoms with Crippen molar-refractivity contribution in [2.45, 2.75) is 13.3 Å². The summed E-state index contributed by atoms with van der Waals surface area (Å²) in [5, 5.41) is 3.74. The molecule has 1 heterocycles. The summed E-state index contributed by atoms with van der Waals surface area (Å²) in [5.74, 6) is 1.15. The maximum atomic E-state index is 10.9. The molecule has 1 saturated heterocycles. The zero-order valence-electron chi connectivity index (χ0n) is 8.04. The first kappa shape index (κ1) is 10.4. The monoisotopic (exact) mass is 201 g/mol.